The van der Waals surface area contributed by atoms with Crippen molar-refractivity contribution in [2.75, 3.05) is 0 Å². The molecule has 146 valence electrons. The summed E-state index contributed by atoms with van der Waals surface area (Å²) < 4.78 is 2.24. The molecular weight excluding hydrogens is 352 g/mol. The van der Waals surface area contributed by atoms with E-state index in [4.69, 9.17) is 4.98 Å². The molecule has 2 heterocycles. The van der Waals surface area contributed by atoms with Crippen LogP contribution < -0.4 is 4.57 Å². The molecule has 0 radical (unpaired) electrons. The van der Waals surface area contributed by atoms with Gasteiger partial charge in [-0.2, -0.15) is 0 Å². The average molecular weight is 382 g/mol. The molecule has 29 heavy (non-hydrogen) atoms. The highest BCUT2D eigenvalue weighted by Gasteiger charge is 2.20. The molecule has 0 spiro atoms. The van der Waals surface area contributed by atoms with E-state index in [1.54, 1.807) is 0 Å². The highest BCUT2D eigenvalue weighted by Crippen LogP contribution is 2.35. The summed E-state index contributed by atoms with van der Waals surface area (Å²) >= 11 is 0. The van der Waals surface area contributed by atoms with Crippen molar-refractivity contribution in [2.45, 2.75) is 40.5 Å². The van der Waals surface area contributed by atoms with Crippen LogP contribution in [0.25, 0.3) is 33.2 Å². The van der Waals surface area contributed by atoms with E-state index in [2.05, 4.69) is 101 Å². The third-order valence-electron chi connectivity index (χ3n) is 5.93. The summed E-state index contributed by atoms with van der Waals surface area (Å²) in [6.07, 6.45) is 4.19. The lowest BCUT2D eigenvalue weighted by Crippen LogP contribution is -2.31. The van der Waals surface area contributed by atoms with Gasteiger partial charge >= 0.3 is 0 Å². The summed E-state index contributed by atoms with van der Waals surface area (Å²) in [6, 6.07) is 17.7. The molecular formula is C27H29N2+. The SMILES string of the molecule is Cc1cc(C)c(C)c(-c2c3cccc(-c4ccc(C(C)C)nc4)c3cc[n+]2C)c1. The van der Waals surface area contributed by atoms with Crippen LogP contribution in [0.15, 0.2) is 60.9 Å². The Hall–Kier alpha value is -3.00. The summed E-state index contributed by atoms with van der Waals surface area (Å²) in [5, 5.41) is 2.53. The Morgan fingerprint density at radius 3 is 2.34 bits per heavy atom. The number of aromatic nitrogens is 2. The summed E-state index contributed by atoms with van der Waals surface area (Å²) in [5.74, 6) is 0.440. The van der Waals surface area contributed by atoms with Crippen molar-refractivity contribution in [3.63, 3.8) is 0 Å². The van der Waals surface area contributed by atoms with Crippen LogP contribution in [0, 0.1) is 20.8 Å². The van der Waals surface area contributed by atoms with Gasteiger partial charge in [0.05, 0.1) is 10.9 Å². The first-order chi connectivity index (χ1) is 13.9. The first-order valence-corrected chi connectivity index (χ1v) is 10.3. The second kappa shape index (κ2) is 7.44. The van der Waals surface area contributed by atoms with E-state index in [9.17, 15) is 0 Å². The van der Waals surface area contributed by atoms with Gasteiger partial charge in [0.15, 0.2) is 6.20 Å². The molecule has 0 amide bonds. The van der Waals surface area contributed by atoms with Gasteiger partial charge in [0, 0.05) is 28.9 Å². The first-order valence-electron chi connectivity index (χ1n) is 10.3. The number of hydrogen-bond acceptors (Lipinski definition) is 1. The lowest BCUT2D eigenvalue weighted by atomic mass is 9.92. The predicted octanol–water partition coefficient (Wildman–Crippen LogP) is 6.44. The average Bonchev–Trinajstić information content (AvgIpc) is 2.70. The topological polar surface area (TPSA) is 16.8 Å². The fraction of sp³-hybridized carbons (Fsp3) is 0.259. The van der Waals surface area contributed by atoms with Gasteiger partial charge < -0.3 is 0 Å². The van der Waals surface area contributed by atoms with Crippen LogP contribution in [0.5, 0.6) is 0 Å². The lowest BCUT2D eigenvalue weighted by Gasteiger charge is -2.13. The molecule has 2 nitrogen and oxygen atoms in total. The largest absolute Gasteiger partial charge is 0.260 e. The van der Waals surface area contributed by atoms with E-state index in [-0.39, 0.29) is 0 Å². The van der Waals surface area contributed by atoms with E-state index in [0.717, 1.165) is 11.3 Å². The van der Waals surface area contributed by atoms with Crippen LogP contribution in [0.1, 0.15) is 42.1 Å². The lowest BCUT2D eigenvalue weighted by molar-refractivity contribution is -0.659. The number of benzene rings is 2. The maximum atomic E-state index is 4.69. The van der Waals surface area contributed by atoms with Gasteiger partial charge in [0.1, 0.15) is 7.05 Å². The molecule has 0 atom stereocenters. The van der Waals surface area contributed by atoms with Crippen molar-refractivity contribution >= 4 is 10.8 Å². The van der Waals surface area contributed by atoms with Crippen molar-refractivity contribution in [3.8, 4) is 22.4 Å². The number of fused-ring (bicyclic) bond motifs is 1. The highest BCUT2D eigenvalue weighted by molar-refractivity contribution is 6.02. The molecule has 0 saturated carbocycles. The number of nitrogens with zero attached hydrogens (tertiary/aromatic N) is 2. The Morgan fingerprint density at radius 2 is 1.66 bits per heavy atom. The second-order valence-electron chi connectivity index (χ2n) is 8.42. The van der Waals surface area contributed by atoms with Gasteiger partial charge in [-0.15, -0.1) is 0 Å². The summed E-state index contributed by atoms with van der Waals surface area (Å²) in [5.41, 5.74) is 10.1. The predicted molar refractivity (Wildman–Crippen MR) is 122 cm³/mol. The molecule has 4 rings (SSSR count). The zero-order valence-corrected chi connectivity index (χ0v) is 18.2. The molecule has 0 bridgehead atoms. The summed E-state index contributed by atoms with van der Waals surface area (Å²) in [4.78, 5) is 4.69. The smallest absolute Gasteiger partial charge is 0.220 e. The van der Waals surface area contributed by atoms with Gasteiger partial charge in [0.25, 0.3) is 0 Å². The molecule has 0 aliphatic heterocycles. The second-order valence-corrected chi connectivity index (χ2v) is 8.42. The van der Waals surface area contributed by atoms with Crippen molar-refractivity contribution < 1.29 is 4.57 Å². The van der Waals surface area contributed by atoms with Crippen LogP contribution in [-0.2, 0) is 7.05 Å². The normalized spacial score (nSPS) is 11.4. The minimum Gasteiger partial charge on any atom is -0.260 e. The Labute approximate surface area is 173 Å². The minimum atomic E-state index is 0.440. The quantitative estimate of drug-likeness (QED) is 0.373. The highest BCUT2D eigenvalue weighted by atomic mass is 14.9. The monoisotopic (exact) mass is 381 g/mol. The van der Waals surface area contributed by atoms with Gasteiger partial charge in [-0.05, 0) is 61.6 Å². The summed E-state index contributed by atoms with van der Waals surface area (Å²) in [7, 11) is 2.14. The molecule has 2 aromatic carbocycles. The molecule has 0 N–H and O–H groups in total. The van der Waals surface area contributed by atoms with E-state index in [1.807, 2.05) is 6.20 Å². The third kappa shape index (κ3) is 3.44. The zero-order chi connectivity index (χ0) is 20.7. The van der Waals surface area contributed by atoms with Crippen LogP contribution in [-0.4, -0.2) is 4.98 Å². The van der Waals surface area contributed by atoms with E-state index in [0.29, 0.717) is 5.92 Å². The number of hydrogen-bond donors (Lipinski definition) is 0. The molecule has 0 fully saturated rings. The Bertz CT molecular complexity index is 1200. The van der Waals surface area contributed by atoms with E-state index in [1.165, 1.54) is 44.3 Å². The maximum Gasteiger partial charge on any atom is 0.220 e. The number of aryl methyl sites for hydroxylation is 3. The zero-order valence-electron chi connectivity index (χ0n) is 18.2. The van der Waals surface area contributed by atoms with Crippen molar-refractivity contribution in [2.24, 2.45) is 7.05 Å². The fourth-order valence-electron chi connectivity index (χ4n) is 4.18. The van der Waals surface area contributed by atoms with Crippen LogP contribution >= 0.6 is 0 Å². The van der Waals surface area contributed by atoms with Gasteiger partial charge in [-0.25, -0.2) is 4.57 Å². The van der Waals surface area contributed by atoms with Crippen LogP contribution in [0.4, 0.5) is 0 Å². The van der Waals surface area contributed by atoms with Crippen molar-refractivity contribution in [3.05, 3.63) is 83.3 Å². The molecule has 0 unspecified atom stereocenters. The third-order valence-corrected chi connectivity index (χ3v) is 5.93. The Kier molecular flexibility index (Phi) is 4.96. The Morgan fingerprint density at radius 1 is 0.862 bits per heavy atom. The first kappa shape index (κ1) is 19.3. The molecule has 0 saturated heterocycles. The van der Waals surface area contributed by atoms with Crippen molar-refractivity contribution in [1.29, 1.82) is 0 Å². The van der Waals surface area contributed by atoms with Gasteiger partial charge in [0.2, 0.25) is 5.69 Å². The van der Waals surface area contributed by atoms with Gasteiger partial charge in [-0.3, -0.25) is 4.98 Å². The molecule has 2 aromatic heterocycles. The molecule has 0 aliphatic carbocycles. The summed E-state index contributed by atoms with van der Waals surface area (Å²) in [6.45, 7) is 11.0. The fourth-order valence-corrected chi connectivity index (χ4v) is 4.18. The maximum absolute atomic E-state index is 4.69. The molecule has 0 aliphatic rings. The van der Waals surface area contributed by atoms with Gasteiger partial charge in [-0.1, -0.05) is 43.7 Å². The Balaban J connectivity index is 1.98. The molecule has 4 aromatic rings. The van der Waals surface area contributed by atoms with E-state index < -0.39 is 0 Å². The minimum absolute atomic E-state index is 0.440. The van der Waals surface area contributed by atoms with Crippen LogP contribution in [0.3, 0.4) is 0 Å². The van der Waals surface area contributed by atoms with Crippen molar-refractivity contribution in [1.82, 2.24) is 4.98 Å². The standard InChI is InChI=1S/C27H29N2/c1-17(2)26-11-10-21(16-28-26)22-8-7-9-24-23(22)12-13-29(6)27(24)25-15-18(3)14-19(4)20(25)5/h7-17H,1-6H3/q+1. The number of pyridine rings is 2. The molecule has 2 heteroatoms. The van der Waals surface area contributed by atoms with E-state index >= 15 is 0 Å². The number of rotatable bonds is 3. The van der Waals surface area contributed by atoms with Crippen LogP contribution in [0.2, 0.25) is 0 Å².